The number of carbonyl (C=O) groups is 2. The van der Waals surface area contributed by atoms with Gasteiger partial charge in [-0.25, -0.2) is 0 Å². The summed E-state index contributed by atoms with van der Waals surface area (Å²) >= 11 is 0. The summed E-state index contributed by atoms with van der Waals surface area (Å²) < 4.78 is 4.84. The Bertz CT molecular complexity index is 246. The zero-order valence-electron chi connectivity index (χ0n) is 10.5. The molecular weight excluding hydrogens is 224 g/mol. The molecule has 0 radical (unpaired) electrons. The Kier molecular flexibility index (Phi) is 8.35. The summed E-state index contributed by atoms with van der Waals surface area (Å²) in [6.07, 6.45) is 1.01. The summed E-state index contributed by atoms with van der Waals surface area (Å²) in [5.74, 6) is -0.904. The highest BCUT2D eigenvalue weighted by molar-refractivity contribution is 5.81. The van der Waals surface area contributed by atoms with Crippen LogP contribution in [0.2, 0.25) is 0 Å². The van der Waals surface area contributed by atoms with E-state index in [0.717, 1.165) is 0 Å². The zero-order chi connectivity index (χ0) is 13.3. The van der Waals surface area contributed by atoms with Crippen LogP contribution in [0.5, 0.6) is 0 Å². The van der Waals surface area contributed by atoms with Gasteiger partial charge in [0.15, 0.2) is 0 Å². The average Bonchev–Trinajstić information content (AvgIpc) is 2.30. The number of nitrogens with zero attached hydrogens (tertiary/aromatic N) is 1. The van der Waals surface area contributed by atoms with Crippen molar-refractivity contribution in [2.75, 3.05) is 33.4 Å². The van der Waals surface area contributed by atoms with Gasteiger partial charge >= 0.3 is 5.97 Å². The van der Waals surface area contributed by atoms with Crippen LogP contribution in [-0.4, -0.2) is 55.2 Å². The van der Waals surface area contributed by atoms with Crippen molar-refractivity contribution in [3.63, 3.8) is 0 Å². The van der Waals surface area contributed by atoms with Crippen LogP contribution in [-0.2, 0) is 14.3 Å². The molecule has 0 saturated heterocycles. The lowest BCUT2D eigenvalue weighted by atomic mass is 10.1. The minimum Gasteiger partial charge on any atom is -0.480 e. The van der Waals surface area contributed by atoms with Crippen molar-refractivity contribution < 1.29 is 19.4 Å². The molecule has 0 saturated carbocycles. The Morgan fingerprint density at radius 1 is 1.47 bits per heavy atom. The number of hydrogen-bond acceptors (Lipinski definition) is 4. The van der Waals surface area contributed by atoms with Gasteiger partial charge < -0.3 is 20.5 Å². The average molecular weight is 246 g/mol. The first-order chi connectivity index (χ1) is 8.01. The summed E-state index contributed by atoms with van der Waals surface area (Å²) in [4.78, 5) is 23.7. The van der Waals surface area contributed by atoms with Crippen molar-refractivity contribution in [1.29, 1.82) is 0 Å². The van der Waals surface area contributed by atoms with Gasteiger partial charge in [0.2, 0.25) is 5.91 Å². The van der Waals surface area contributed by atoms with E-state index >= 15 is 0 Å². The molecule has 0 aromatic heterocycles. The van der Waals surface area contributed by atoms with E-state index in [1.165, 1.54) is 12.0 Å². The molecule has 1 unspecified atom stereocenters. The van der Waals surface area contributed by atoms with Crippen LogP contribution in [0.25, 0.3) is 0 Å². The van der Waals surface area contributed by atoms with Crippen LogP contribution < -0.4 is 5.73 Å². The number of ether oxygens (including phenoxy) is 1. The third-order valence-corrected chi connectivity index (χ3v) is 2.50. The van der Waals surface area contributed by atoms with Crippen LogP contribution in [0, 0.1) is 5.92 Å². The molecule has 6 heteroatoms. The molecule has 6 nitrogen and oxygen atoms in total. The van der Waals surface area contributed by atoms with E-state index in [2.05, 4.69) is 0 Å². The number of carboxylic acid groups (broad SMARTS) is 1. The van der Waals surface area contributed by atoms with E-state index in [0.29, 0.717) is 32.5 Å². The molecule has 0 aromatic rings. The zero-order valence-corrected chi connectivity index (χ0v) is 10.5. The number of nitrogens with two attached hydrogens (primary N) is 1. The van der Waals surface area contributed by atoms with Gasteiger partial charge in [0.05, 0.1) is 6.61 Å². The van der Waals surface area contributed by atoms with E-state index in [-0.39, 0.29) is 18.4 Å². The van der Waals surface area contributed by atoms with Crippen molar-refractivity contribution in [3.8, 4) is 0 Å². The maximum atomic E-state index is 11.8. The number of hydrogen-bond donors (Lipinski definition) is 2. The highest BCUT2D eigenvalue weighted by Crippen LogP contribution is 2.06. The molecule has 17 heavy (non-hydrogen) atoms. The highest BCUT2D eigenvalue weighted by atomic mass is 16.5. The van der Waals surface area contributed by atoms with Gasteiger partial charge in [-0.3, -0.25) is 9.59 Å². The lowest BCUT2D eigenvalue weighted by Gasteiger charge is -2.21. The first-order valence-corrected chi connectivity index (χ1v) is 5.69. The van der Waals surface area contributed by atoms with Crippen molar-refractivity contribution in [1.82, 2.24) is 4.90 Å². The number of rotatable bonds is 9. The van der Waals surface area contributed by atoms with Gasteiger partial charge in [0.25, 0.3) is 0 Å². The first-order valence-electron chi connectivity index (χ1n) is 5.69. The smallest absolute Gasteiger partial charge is 0.323 e. The third kappa shape index (κ3) is 7.70. The molecule has 3 N–H and O–H groups in total. The predicted octanol–water partition coefficient (Wildman–Crippen LogP) is -0.0790. The molecule has 0 rings (SSSR count). The topological polar surface area (TPSA) is 92.9 Å². The quantitative estimate of drug-likeness (QED) is 0.593. The normalized spacial score (nSPS) is 12.2. The highest BCUT2D eigenvalue weighted by Gasteiger charge is 2.16. The Hall–Kier alpha value is -1.14. The van der Waals surface area contributed by atoms with E-state index in [9.17, 15) is 9.59 Å². The van der Waals surface area contributed by atoms with Crippen LogP contribution in [0.3, 0.4) is 0 Å². The lowest BCUT2D eigenvalue weighted by Crippen LogP contribution is -2.38. The first kappa shape index (κ1) is 15.9. The molecule has 0 fully saturated rings. The Labute approximate surface area is 102 Å². The maximum absolute atomic E-state index is 11.8. The van der Waals surface area contributed by atoms with E-state index in [1.807, 2.05) is 6.92 Å². The molecule has 0 heterocycles. The summed E-state index contributed by atoms with van der Waals surface area (Å²) in [5.41, 5.74) is 5.46. The van der Waals surface area contributed by atoms with Crippen molar-refractivity contribution in [2.24, 2.45) is 11.7 Å². The number of carboxylic acids is 1. The number of amides is 1. The second-order valence-electron chi connectivity index (χ2n) is 4.08. The summed E-state index contributed by atoms with van der Waals surface area (Å²) in [6, 6.07) is 0. The molecule has 0 spiro atoms. The van der Waals surface area contributed by atoms with Crippen molar-refractivity contribution >= 4 is 11.9 Å². The number of aliphatic carboxylic acids is 1. The van der Waals surface area contributed by atoms with Crippen LogP contribution in [0.15, 0.2) is 0 Å². The fourth-order valence-corrected chi connectivity index (χ4v) is 1.30. The summed E-state index contributed by atoms with van der Waals surface area (Å²) in [6.45, 7) is 2.86. The van der Waals surface area contributed by atoms with Crippen LogP contribution in [0.4, 0.5) is 0 Å². The minimum absolute atomic E-state index is 0.162. The molecule has 0 aromatic carbocycles. The fourth-order valence-electron chi connectivity index (χ4n) is 1.30. The molecule has 1 amide bonds. The predicted molar refractivity (Wildman–Crippen MR) is 63.5 cm³/mol. The van der Waals surface area contributed by atoms with Gasteiger partial charge in [-0.15, -0.1) is 0 Å². The summed E-state index contributed by atoms with van der Waals surface area (Å²) in [7, 11) is 1.51. The SMILES string of the molecule is COCCN(CC(=O)O)C(=O)CCC(C)CN. The van der Waals surface area contributed by atoms with Crippen LogP contribution >= 0.6 is 0 Å². The van der Waals surface area contributed by atoms with Crippen molar-refractivity contribution in [3.05, 3.63) is 0 Å². The monoisotopic (exact) mass is 246 g/mol. The van der Waals surface area contributed by atoms with Gasteiger partial charge in [0, 0.05) is 20.1 Å². The molecule has 1 atom stereocenters. The summed E-state index contributed by atoms with van der Waals surface area (Å²) in [5, 5.41) is 8.70. The number of methoxy groups -OCH3 is 1. The number of carbonyl (C=O) groups excluding carboxylic acids is 1. The lowest BCUT2D eigenvalue weighted by molar-refractivity contribution is -0.145. The van der Waals surface area contributed by atoms with Crippen molar-refractivity contribution in [2.45, 2.75) is 19.8 Å². The Balaban J connectivity index is 4.16. The molecule has 0 bridgehead atoms. The molecule has 0 aliphatic heterocycles. The largest absolute Gasteiger partial charge is 0.480 e. The third-order valence-electron chi connectivity index (χ3n) is 2.50. The Morgan fingerprint density at radius 3 is 2.59 bits per heavy atom. The fraction of sp³-hybridized carbons (Fsp3) is 0.818. The van der Waals surface area contributed by atoms with Gasteiger partial charge in [-0.05, 0) is 18.9 Å². The molecular formula is C11H22N2O4. The second kappa shape index (κ2) is 8.95. The van der Waals surface area contributed by atoms with Gasteiger partial charge in [-0.1, -0.05) is 6.92 Å². The minimum atomic E-state index is -1.01. The van der Waals surface area contributed by atoms with E-state index < -0.39 is 5.97 Å². The second-order valence-corrected chi connectivity index (χ2v) is 4.08. The standard InChI is InChI=1S/C11H22N2O4/c1-9(7-12)3-4-10(14)13(5-6-17-2)8-11(15)16/h9H,3-8,12H2,1-2H3,(H,15,16). The molecule has 100 valence electrons. The molecule has 0 aliphatic rings. The maximum Gasteiger partial charge on any atom is 0.323 e. The van der Waals surface area contributed by atoms with Gasteiger partial charge in [-0.2, -0.15) is 0 Å². The molecule has 0 aliphatic carbocycles. The Morgan fingerprint density at radius 2 is 2.12 bits per heavy atom. The van der Waals surface area contributed by atoms with Crippen LogP contribution in [0.1, 0.15) is 19.8 Å². The van der Waals surface area contributed by atoms with E-state index in [4.69, 9.17) is 15.6 Å². The van der Waals surface area contributed by atoms with E-state index in [1.54, 1.807) is 0 Å². The van der Waals surface area contributed by atoms with Gasteiger partial charge in [0.1, 0.15) is 6.54 Å².